The van der Waals surface area contributed by atoms with Gasteiger partial charge in [0.1, 0.15) is 17.5 Å². The highest BCUT2D eigenvalue weighted by molar-refractivity contribution is 7.52. The highest BCUT2D eigenvalue weighted by atomic mass is 31.2. The van der Waals surface area contributed by atoms with Gasteiger partial charge in [0, 0.05) is 18.2 Å². The Labute approximate surface area is 186 Å². The number of nitro benzene ring substituents is 1. The first kappa shape index (κ1) is 23.7. The molecule has 0 amide bonds. The SMILES string of the molecule is CC(C(=O)O)N(C1CCN(C)CC1)P(=O)(Oc1ccccc1)Oc1ccc([N+](=O)[O-])cc1. The number of aliphatic carboxylic acids is 1. The Morgan fingerprint density at radius 3 is 2.16 bits per heavy atom. The molecule has 0 saturated carbocycles. The Balaban J connectivity index is 2.01. The topological polar surface area (TPSA) is 122 Å². The second kappa shape index (κ2) is 10.1. The lowest BCUT2D eigenvalue weighted by Crippen LogP contribution is -2.49. The van der Waals surface area contributed by atoms with Crippen LogP contribution in [0.5, 0.6) is 11.5 Å². The zero-order valence-electron chi connectivity index (χ0n) is 17.9. The van der Waals surface area contributed by atoms with Crippen LogP contribution in [-0.2, 0) is 9.36 Å². The Kier molecular flexibility index (Phi) is 7.50. The van der Waals surface area contributed by atoms with Crippen LogP contribution in [0.25, 0.3) is 0 Å². The van der Waals surface area contributed by atoms with E-state index in [1.807, 2.05) is 7.05 Å². The van der Waals surface area contributed by atoms with E-state index in [0.717, 1.165) is 0 Å². The van der Waals surface area contributed by atoms with Crippen LogP contribution in [0.2, 0.25) is 0 Å². The number of hydrogen-bond acceptors (Lipinski definition) is 7. The summed E-state index contributed by atoms with van der Waals surface area (Å²) in [4.78, 5) is 24.5. The Morgan fingerprint density at radius 2 is 1.66 bits per heavy atom. The summed E-state index contributed by atoms with van der Waals surface area (Å²) in [5.41, 5.74) is -0.151. The molecule has 1 fully saturated rings. The van der Waals surface area contributed by atoms with E-state index in [2.05, 4.69) is 4.90 Å². The van der Waals surface area contributed by atoms with E-state index in [0.29, 0.717) is 25.9 Å². The molecule has 2 aromatic carbocycles. The van der Waals surface area contributed by atoms with E-state index < -0.39 is 24.7 Å². The number of nitro groups is 1. The molecule has 1 aliphatic heterocycles. The number of carboxylic acids is 1. The number of non-ortho nitro benzene ring substituents is 1. The van der Waals surface area contributed by atoms with Crippen molar-refractivity contribution in [3.8, 4) is 11.5 Å². The Hall–Kier alpha value is -2.94. The standard InChI is InChI=1S/C21H26N3O7P/c1-16(21(25)26)23(17-12-14-22(2)15-13-17)32(29,30-19-6-4-3-5-7-19)31-20-10-8-18(9-11-20)24(27)28/h3-11,16-17H,12-15H2,1-2H3,(H,25,26). The average molecular weight is 463 g/mol. The van der Waals surface area contributed by atoms with Crippen LogP contribution in [0.4, 0.5) is 5.69 Å². The molecule has 10 nitrogen and oxygen atoms in total. The molecule has 3 rings (SSSR count). The van der Waals surface area contributed by atoms with E-state index in [-0.39, 0.29) is 23.2 Å². The molecular formula is C21H26N3O7P. The maximum Gasteiger partial charge on any atom is 0.516 e. The summed E-state index contributed by atoms with van der Waals surface area (Å²) in [5, 5.41) is 20.7. The van der Waals surface area contributed by atoms with Crippen LogP contribution in [0.3, 0.4) is 0 Å². The number of piperidine rings is 1. The molecule has 1 heterocycles. The van der Waals surface area contributed by atoms with Crippen LogP contribution in [0.15, 0.2) is 54.6 Å². The fourth-order valence-corrected chi connectivity index (χ4v) is 5.75. The molecule has 32 heavy (non-hydrogen) atoms. The van der Waals surface area contributed by atoms with E-state index >= 15 is 0 Å². The lowest BCUT2D eigenvalue weighted by Gasteiger charge is -2.41. The van der Waals surface area contributed by atoms with Crippen LogP contribution in [0, 0.1) is 10.1 Å². The molecule has 1 saturated heterocycles. The van der Waals surface area contributed by atoms with Gasteiger partial charge in [0.2, 0.25) is 0 Å². The molecule has 2 aromatic rings. The maximum absolute atomic E-state index is 14.3. The predicted octanol–water partition coefficient (Wildman–Crippen LogP) is 4.03. The molecule has 2 unspecified atom stereocenters. The average Bonchev–Trinajstić information content (AvgIpc) is 2.76. The van der Waals surface area contributed by atoms with Crippen molar-refractivity contribution in [2.45, 2.75) is 31.8 Å². The monoisotopic (exact) mass is 463 g/mol. The van der Waals surface area contributed by atoms with Gasteiger partial charge in [-0.25, -0.2) is 4.57 Å². The summed E-state index contributed by atoms with van der Waals surface area (Å²) in [7, 11) is -2.28. The fourth-order valence-electron chi connectivity index (χ4n) is 3.59. The molecule has 1 N–H and O–H groups in total. The van der Waals surface area contributed by atoms with Gasteiger partial charge in [0.05, 0.1) is 4.92 Å². The molecule has 1 aliphatic rings. The van der Waals surface area contributed by atoms with Crippen LogP contribution < -0.4 is 9.05 Å². The summed E-state index contributed by atoms with van der Waals surface area (Å²) >= 11 is 0. The normalized spacial score (nSPS) is 18.0. The van der Waals surface area contributed by atoms with Crippen molar-refractivity contribution in [3.63, 3.8) is 0 Å². The molecule has 0 radical (unpaired) electrons. The molecule has 11 heteroatoms. The van der Waals surface area contributed by atoms with Gasteiger partial charge in [-0.05, 0) is 64.2 Å². The number of likely N-dealkylation sites (tertiary alicyclic amines) is 1. The van der Waals surface area contributed by atoms with E-state index in [9.17, 15) is 24.6 Å². The van der Waals surface area contributed by atoms with Crippen LogP contribution >= 0.6 is 7.75 Å². The molecular weight excluding hydrogens is 437 g/mol. The van der Waals surface area contributed by atoms with Crippen molar-refractivity contribution in [2.24, 2.45) is 0 Å². The second-order valence-corrected chi connectivity index (χ2v) is 9.41. The quantitative estimate of drug-likeness (QED) is 0.334. The van der Waals surface area contributed by atoms with E-state index in [1.165, 1.54) is 35.9 Å². The van der Waals surface area contributed by atoms with Gasteiger partial charge in [0.15, 0.2) is 0 Å². The second-order valence-electron chi connectivity index (χ2n) is 7.64. The molecule has 172 valence electrons. The van der Waals surface area contributed by atoms with Crippen LogP contribution in [0.1, 0.15) is 19.8 Å². The minimum atomic E-state index is -4.25. The number of rotatable bonds is 9. The summed E-state index contributed by atoms with van der Waals surface area (Å²) in [6.45, 7) is 2.85. The van der Waals surface area contributed by atoms with Gasteiger partial charge in [-0.3, -0.25) is 14.9 Å². The smallest absolute Gasteiger partial charge is 0.480 e. The lowest BCUT2D eigenvalue weighted by molar-refractivity contribution is -0.384. The van der Waals surface area contributed by atoms with Gasteiger partial charge in [-0.15, -0.1) is 0 Å². The molecule has 0 spiro atoms. The van der Waals surface area contributed by atoms with Crippen LogP contribution in [-0.4, -0.2) is 57.8 Å². The largest absolute Gasteiger partial charge is 0.516 e. The minimum Gasteiger partial charge on any atom is -0.480 e. The third kappa shape index (κ3) is 5.64. The van der Waals surface area contributed by atoms with Crippen molar-refractivity contribution < 1.29 is 28.4 Å². The molecule has 0 bridgehead atoms. The van der Waals surface area contributed by atoms with Crippen molar-refractivity contribution >= 4 is 19.4 Å². The summed E-state index contributed by atoms with van der Waals surface area (Å²) in [5.74, 6) is -0.827. The van der Waals surface area contributed by atoms with Gasteiger partial charge < -0.3 is 19.1 Å². The number of hydrogen-bond donors (Lipinski definition) is 1. The van der Waals surface area contributed by atoms with Crippen molar-refractivity contribution in [1.29, 1.82) is 0 Å². The number of benzene rings is 2. The van der Waals surface area contributed by atoms with Gasteiger partial charge >= 0.3 is 13.7 Å². The summed E-state index contributed by atoms with van der Waals surface area (Å²) in [6.07, 6.45) is 1.17. The van der Waals surface area contributed by atoms with Crippen molar-refractivity contribution in [1.82, 2.24) is 9.57 Å². The Morgan fingerprint density at radius 1 is 1.12 bits per heavy atom. The number of carbonyl (C=O) groups is 1. The first-order chi connectivity index (χ1) is 15.2. The number of para-hydroxylation sites is 1. The van der Waals surface area contributed by atoms with Gasteiger partial charge in [-0.2, -0.15) is 4.67 Å². The van der Waals surface area contributed by atoms with Gasteiger partial charge in [-0.1, -0.05) is 18.2 Å². The lowest BCUT2D eigenvalue weighted by atomic mass is 10.0. The summed E-state index contributed by atoms with van der Waals surface area (Å²) in [6, 6.07) is 11.9. The van der Waals surface area contributed by atoms with Crippen molar-refractivity contribution in [3.05, 3.63) is 64.7 Å². The first-order valence-corrected chi connectivity index (χ1v) is 11.7. The molecule has 2 atom stereocenters. The molecule has 0 aliphatic carbocycles. The van der Waals surface area contributed by atoms with Gasteiger partial charge in [0.25, 0.3) is 5.69 Å². The zero-order chi connectivity index (χ0) is 23.3. The molecule has 0 aromatic heterocycles. The highest BCUT2D eigenvalue weighted by Crippen LogP contribution is 2.55. The highest BCUT2D eigenvalue weighted by Gasteiger charge is 2.47. The third-order valence-corrected chi connectivity index (χ3v) is 7.45. The maximum atomic E-state index is 14.3. The fraction of sp³-hybridized carbons (Fsp3) is 0.381. The van der Waals surface area contributed by atoms with E-state index in [1.54, 1.807) is 30.3 Å². The third-order valence-electron chi connectivity index (χ3n) is 5.33. The van der Waals surface area contributed by atoms with E-state index in [4.69, 9.17) is 9.05 Å². The number of carboxylic acid groups (broad SMARTS) is 1. The minimum absolute atomic E-state index is 0.0744. The number of nitrogens with zero attached hydrogens (tertiary/aromatic N) is 3. The Bertz CT molecular complexity index is 979. The summed E-state index contributed by atoms with van der Waals surface area (Å²) < 4.78 is 27.2. The first-order valence-electron chi connectivity index (χ1n) is 10.2. The zero-order valence-corrected chi connectivity index (χ0v) is 18.8. The predicted molar refractivity (Wildman–Crippen MR) is 118 cm³/mol. The van der Waals surface area contributed by atoms with Crippen molar-refractivity contribution in [2.75, 3.05) is 20.1 Å².